The summed E-state index contributed by atoms with van der Waals surface area (Å²) in [6.07, 6.45) is 1.19. The number of benzodiazepines with no additional fused rings is 1. The number of benzene rings is 2. The van der Waals surface area contributed by atoms with E-state index in [0.29, 0.717) is 16.4 Å². The molecule has 1 amide bonds. The van der Waals surface area contributed by atoms with E-state index in [1.807, 2.05) is 36.4 Å². The molecule has 6 heteroatoms. The molecule has 22 heavy (non-hydrogen) atoms. The first kappa shape index (κ1) is 14.8. The summed E-state index contributed by atoms with van der Waals surface area (Å²) in [5, 5.41) is 3.36. The molecule has 3 N–H and O–H groups in total. The summed E-state index contributed by atoms with van der Waals surface area (Å²) >= 11 is 9.74. The van der Waals surface area contributed by atoms with Gasteiger partial charge in [-0.2, -0.15) is 0 Å². The van der Waals surface area contributed by atoms with Crippen molar-refractivity contribution in [1.82, 2.24) is 0 Å². The Bertz CT molecular complexity index is 830. The highest BCUT2D eigenvalue weighted by molar-refractivity contribution is 9.10. The molecule has 0 radical (unpaired) electrons. The highest BCUT2D eigenvalue weighted by Gasteiger charge is 2.22. The third-order valence-corrected chi connectivity index (χ3v) is 4.06. The number of halogens is 2. The van der Waals surface area contributed by atoms with E-state index in [-0.39, 0.29) is 11.6 Å². The maximum absolute atomic E-state index is 12.1. The molecule has 1 aliphatic heterocycles. The lowest BCUT2D eigenvalue weighted by Crippen LogP contribution is -2.13. The lowest BCUT2D eigenvalue weighted by atomic mass is 10.0. The Labute approximate surface area is 140 Å². The molecule has 0 saturated heterocycles. The molecule has 0 fully saturated rings. The Morgan fingerprint density at radius 3 is 2.68 bits per heavy atom. The predicted octanol–water partition coefficient (Wildman–Crippen LogP) is 3.69. The zero-order chi connectivity index (χ0) is 15.7. The van der Waals surface area contributed by atoms with Gasteiger partial charge >= 0.3 is 0 Å². The van der Waals surface area contributed by atoms with Crippen molar-refractivity contribution in [1.29, 1.82) is 0 Å². The second-order valence-electron chi connectivity index (χ2n) is 4.64. The van der Waals surface area contributed by atoms with Crippen molar-refractivity contribution in [2.45, 2.75) is 0 Å². The summed E-state index contributed by atoms with van der Waals surface area (Å²) in [5.41, 5.74) is 8.43. The van der Waals surface area contributed by atoms with Crippen LogP contribution in [0.25, 0.3) is 0 Å². The van der Waals surface area contributed by atoms with Crippen molar-refractivity contribution in [3.63, 3.8) is 0 Å². The second-order valence-corrected chi connectivity index (χ2v) is 5.96. The van der Waals surface area contributed by atoms with Crippen LogP contribution in [0.15, 0.2) is 63.8 Å². The maximum atomic E-state index is 12.1. The summed E-state index contributed by atoms with van der Waals surface area (Å²) in [5.74, 6) is -0.354. The standard InChI is InChI=1S/C16H11BrClN3O/c17-9-5-6-13-11(7-9)15(10-3-1-2-4-12(10)18)20-14(8-19)16(22)21-13/h1-8H,19H2,(H,21,22). The van der Waals surface area contributed by atoms with Gasteiger partial charge in [0.1, 0.15) is 5.70 Å². The van der Waals surface area contributed by atoms with Crippen LogP contribution in [0.4, 0.5) is 5.69 Å². The van der Waals surface area contributed by atoms with E-state index in [9.17, 15) is 4.79 Å². The second kappa shape index (κ2) is 5.94. The number of anilines is 1. The Morgan fingerprint density at radius 1 is 1.18 bits per heavy atom. The van der Waals surface area contributed by atoms with Crippen molar-refractivity contribution in [3.8, 4) is 0 Å². The van der Waals surface area contributed by atoms with Gasteiger partial charge in [-0.05, 0) is 24.3 Å². The molecular weight excluding hydrogens is 366 g/mol. The van der Waals surface area contributed by atoms with Crippen LogP contribution in [0.5, 0.6) is 0 Å². The molecular formula is C16H11BrClN3O. The van der Waals surface area contributed by atoms with Crippen LogP contribution >= 0.6 is 27.5 Å². The van der Waals surface area contributed by atoms with Gasteiger partial charge in [0.05, 0.1) is 11.4 Å². The number of rotatable bonds is 1. The number of nitrogens with one attached hydrogen (secondary N) is 1. The third-order valence-electron chi connectivity index (χ3n) is 3.24. The van der Waals surface area contributed by atoms with Gasteiger partial charge in [0.15, 0.2) is 0 Å². The van der Waals surface area contributed by atoms with E-state index >= 15 is 0 Å². The molecule has 0 aromatic heterocycles. The zero-order valence-corrected chi connectivity index (χ0v) is 13.6. The molecule has 1 aliphatic rings. The fourth-order valence-corrected chi connectivity index (χ4v) is 2.80. The van der Waals surface area contributed by atoms with Gasteiger partial charge in [-0.25, -0.2) is 4.99 Å². The Balaban J connectivity index is 2.31. The van der Waals surface area contributed by atoms with Crippen molar-refractivity contribution >= 4 is 44.8 Å². The fourth-order valence-electron chi connectivity index (χ4n) is 2.21. The summed E-state index contributed by atoms with van der Waals surface area (Å²) in [6, 6.07) is 12.9. The maximum Gasteiger partial charge on any atom is 0.275 e. The minimum Gasteiger partial charge on any atom is -0.403 e. The summed E-state index contributed by atoms with van der Waals surface area (Å²) in [6.45, 7) is 0. The molecule has 2 aromatic carbocycles. The van der Waals surface area contributed by atoms with Gasteiger partial charge < -0.3 is 11.1 Å². The van der Waals surface area contributed by atoms with Gasteiger partial charge in [-0.15, -0.1) is 0 Å². The summed E-state index contributed by atoms with van der Waals surface area (Å²) in [4.78, 5) is 16.6. The number of fused-ring (bicyclic) bond motifs is 1. The van der Waals surface area contributed by atoms with Crippen LogP contribution in [0.2, 0.25) is 5.02 Å². The lowest BCUT2D eigenvalue weighted by molar-refractivity contribution is -0.112. The van der Waals surface area contributed by atoms with Crippen LogP contribution in [0.1, 0.15) is 11.1 Å². The first-order valence-electron chi connectivity index (χ1n) is 6.47. The Hall–Kier alpha value is -2.11. The molecule has 4 nitrogen and oxygen atoms in total. The SMILES string of the molecule is NC=C1N=C(c2ccccc2Cl)c2cc(Br)ccc2NC1=O. The molecule has 1 heterocycles. The number of nitrogens with zero attached hydrogens (tertiary/aromatic N) is 1. The molecule has 110 valence electrons. The van der Waals surface area contributed by atoms with Crippen molar-refractivity contribution in [3.05, 3.63) is 75.0 Å². The summed E-state index contributed by atoms with van der Waals surface area (Å²) < 4.78 is 0.875. The van der Waals surface area contributed by atoms with Gasteiger partial charge in [0.2, 0.25) is 0 Å². The summed E-state index contributed by atoms with van der Waals surface area (Å²) in [7, 11) is 0. The molecule has 0 unspecified atom stereocenters. The normalized spacial score (nSPS) is 15.8. The number of carbonyl (C=O) groups excluding carboxylic acids is 1. The van der Waals surface area contributed by atoms with E-state index < -0.39 is 0 Å². The van der Waals surface area contributed by atoms with Gasteiger partial charge in [-0.1, -0.05) is 45.7 Å². The molecule has 0 spiro atoms. The van der Waals surface area contributed by atoms with Crippen molar-refractivity contribution < 1.29 is 4.79 Å². The van der Waals surface area contributed by atoms with Crippen LogP contribution in [0, 0.1) is 0 Å². The van der Waals surface area contributed by atoms with Crippen LogP contribution in [-0.2, 0) is 4.79 Å². The fraction of sp³-hybridized carbons (Fsp3) is 0. The molecule has 3 rings (SSSR count). The number of hydrogen-bond acceptors (Lipinski definition) is 3. The van der Waals surface area contributed by atoms with E-state index in [0.717, 1.165) is 15.6 Å². The minimum absolute atomic E-state index is 0.141. The topological polar surface area (TPSA) is 67.5 Å². The Kier molecular flexibility index (Phi) is 4.00. The van der Waals surface area contributed by atoms with E-state index in [1.54, 1.807) is 6.07 Å². The molecule has 0 atom stereocenters. The highest BCUT2D eigenvalue weighted by Crippen LogP contribution is 2.30. The molecule has 0 saturated carbocycles. The first-order valence-corrected chi connectivity index (χ1v) is 7.64. The third kappa shape index (κ3) is 2.65. The number of amides is 1. The molecule has 0 bridgehead atoms. The predicted molar refractivity (Wildman–Crippen MR) is 92.1 cm³/mol. The van der Waals surface area contributed by atoms with Crippen LogP contribution in [0.3, 0.4) is 0 Å². The monoisotopic (exact) mass is 375 g/mol. The quantitative estimate of drug-likeness (QED) is 0.745. The van der Waals surface area contributed by atoms with Crippen LogP contribution in [-0.4, -0.2) is 11.6 Å². The van der Waals surface area contributed by atoms with Gasteiger partial charge in [-0.3, -0.25) is 4.79 Å². The average Bonchev–Trinajstić information content (AvgIpc) is 2.64. The van der Waals surface area contributed by atoms with Crippen molar-refractivity contribution in [2.24, 2.45) is 10.7 Å². The molecule has 0 aliphatic carbocycles. The van der Waals surface area contributed by atoms with E-state index in [2.05, 4.69) is 26.2 Å². The zero-order valence-electron chi connectivity index (χ0n) is 11.3. The van der Waals surface area contributed by atoms with Crippen LogP contribution < -0.4 is 11.1 Å². The highest BCUT2D eigenvalue weighted by atomic mass is 79.9. The molecule has 2 aromatic rings. The number of hydrogen-bond donors (Lipinski definition) is 2. The Morgan fingerprint density at radius 2 is 1.95 bits per heavy atom. The minimum atomic E-state index is -0.354. The van der Waals surface area contributed by atoms with Gasteiger partial charge in [0, 0.05) is 26.8 Å². The van der Waals surface area contributed by atoms with Gasteiger partial charge in [0.25, 0.3) is 5.91 Å². The van der Waals surface area contributed by atoms with E-state index in [4.69, 9.17) is 17.3 Å². The van der Waals surface area contributed by atoms with E-state index in [1.165, 1.54) is 6.20 Å². The first-order chi connectivity index (χ1) is 10.6. The number of aliphatic imine (C=N–C) groups is 1. The lowest BCUT2D eigenvalue weighted by Gasteiger charge is -2.11. The number of nitrogens with two attached hydrogens (primary N) is 1. The largest absolute Gasteiger partial charge is 0.403 e. The number of carbonyl (C=O) groups is 1. The van der Waals surface area contributed by atoms with Crippen molar-refractivity contribution in [2.75, 3.05) is 5.32 Å². The smallest absolute Gasteiger partial charge is 0.275 e. The average molecular weight is 377 g/mol.